The van der Waals surface area contributed by atoms with E-state index < -0.39 is 0 Å². The largest absolute Gasteiger partial charge is 0.487 e. The van der Waals surface area contributed by atoms with Crippen molar-refractivity contribution in [1.29, 1.82) is 0 Å². The second-order valence-corrected chi connectivity index (χ2v) is 42.2. The van der Waals surface area contributed by atoms with E-state index >= 15 is 0 Å². The second kappa shape index (κ2) is 50.4. The molecule has 0 saturated carbocycles. The lowest BCUT2D eigenvalue weighted by Gasteiger charge is -2.22. The Labute approximate surface area is 726 Å². The number of halogens is 2. The van der Waals surface area contributed by atoms with Gasteiger partial charge in [-0.2, -0.15) is 0 Å². The molecule has 9 aromatic heterocycles. The van der Waals surface area contributed by atoms with Crippen LogP contribution >= 0.6 is 91.2 Å². The number of aldehydes is 1. The van der Waals surface area contributed by atoms with E-state index in [1.54, 1.807) is 0 Å². The van der Waals surface area contributed by atoms with Crippen LogP contribution in [0, 0.1) is 23.7 Å². The number of nitrogens with zero attached hydrogens (tertiary/aromatic N) is 4. The molecule has 6 nitrogen and oxygen atoms in total. The van der Waals surface area contributed by atoms with Crippen LogP contribution in [0.3, 0.4) is 0 Å². The van der Waals surface area contributed by atoms with Crippen LogP contribution in [0.2, 0.25) is 10.0 Å². The predicted molar refractivity (Wildman–Crippen MR) is 517 cm³/mol. The van der Waals surface area contributed by atoms with E-state index in [1.807, 2.05) is 63.8 Å². The van der Waals surface area contributed by atoms with Gasteiger partial charge in [-0.3, -0.25) is 4.79 Å². The molecule has 0 amide bonds. The number of aryl methyl sites for hydroxylation is 2. The van der Waals surface area contributed by atoms with E-state index in [0.29, 0.717) is 23.7 Å². The summed E-state index contributed by atoms with van der Waals surface area (Å²) in [6.45, 7) is 25.4. The Morgan fingerprint density at radius 3 is 1.04 bits per heavy atom. The number of ether oxygens (including phenoxy) is 1. The molecule has 634 valence electrons. The van der Waals surface area contributed by atoms with E-state index in [1.165, 1.54) is 390 Å². The number of methoxy groups -OCH3 is 1. The standard InChI is InChI=1S/C100H152Cl2N4O2S6/c1-12-22-30-36-40-42-44-48-54-62-75-83(70-107)111-98-92-96(112-94(75)98)84-88-89(104-87(82-67-78(102)80(110-82)65-72(21-10)57-29-19-8)86(103-88)81-66-77(101)79(109-81)64-71(20-9)56-28-18-7)85-91(90(84)105(92)68-73(58-50-34-26-16-5)60-52-46-38-32-24-14-3)106(69-74(59-51-35-27-17-6)61-53-47-39-33-25-15-4)93-97(85)113-95-76(100(108-11)114-99(93)95)63-55-49-45-43-41-37-31-23-13-2/h66-67,70-74H,12-65,68-69H2,1-11H3. The topological polar surface area (TPSA) is 61.9 Å². The fourth-order valence-corrected chi connectivity index (χ4v) is 27.6. The molecule has 114 heavy (non-hydrogen) atoms. The molecule has 0 saturated heterocycles. The average Bonchev–Trinajstić information content (AvgIpc) is 1.50. The van der Waals surface area contributed by atoms with Gasteiger partial charge in [0.05, 0.1) is 82.1 Å². The summed E-state index contributed by atoms with van der Waals surface area (Å²) in [7, 11) is 1.95. The Bertz CT molecular complexity index is 4450. The lowest BCUT2D eigenvalue weighted by atomic mass is 9.93. The summed E-state index contributed by atoms with van der Waals surface area (Å²) in [6.07, 6.45) is 68.6. The zero-order valence-corrected chi connectivity index (χ0v) is 79.9. The van der Waals surface area contributed by atoms with Crippen molar-refractivity contribution in [3.8, 4) is 26.2 Å². The van der Waals surface area contributed by atoms with Gasteiger partial charge in [0.25, 0.3) is 0 Å². The normalized spacial score (nSPS) is 13.4. The number of rotatable bonds is 64. The summed E-state index contributed by atoms with van der Waals surface area (Å²) >= 11 is 27.0. The minimum atomic E-state index is 0.479. The highest BCUT2D eigenvalue weighted by molar-refractivity contribution is 7.35. The number of thiophene rings is 6. The molecule has 4 unspecified atom stereocenters. The molecule has 0 bridgehead atoms. The van der Waals surface area contributed by atoms with Crippen LogP contribution in [0.15, 0.2) is 12.1 Å². The van der Waals surface area contributed by atoms with Gasteiger partial charge in [0.1, 0.15) is 22.4 Å². The number of benzene rings is 1. The maximum atomic E-state index is 14.0. The molecule has 14 heteroatoms. The van der Waals surface area contributed by atoms with Crippen molar-refractivity contribution in [2.24, 2.45) is 23.7 Å². The van der Waals surface area contributed by atoms with Gasteiger partial charge in [-0.1, -0.05) is 386 Å². The Kier molecular flexibility index (Phi) is 41.2. The van der Waals surface area contributed by atoms with E-state index in [9.17, 15) is 4.79 Å². The lowest BCUT2D eigenvalue weighted by Crippen LogP contribution is -2.14. The van der Waals surface area contributed by atoms with Gasteiger partial charge in [0, 0.05) is 39.2 Å². The molecule has 0 fully saturated rings. The maximum absolute atomic E-state index is 14.0. The second-order valence-electron chi connectivity index (χ2n) is 35.0. The van der Waals surface area contributed by atoms with Crippen molar-refractivity contribution < 1.29 is 9.53 Å². The van der Waals surface area contributed by atoms with Gasteiger partial charge >= 0.3 is 0 Å². The Morgan fingerprint density at radius 1 is 0.360 bits per heavy atom. The van der Waals surface area contributed by atoms with Crippen molar-refractivity contribution in [2.45, 2.75) is 429 Å². The van der Waals surface area contributed by atoms with Crippen LogP contribution in [0.5, 0.6) is 5.06 Å². The monoisotopic (exact) mass is 1700 g/mol. The molecular formula is C100H152Cl2N4O2S6. The number of aromatic nitrogens is 4. The van der Waals surface area contributed by atoms with Crippen molar-refractivity contribution >= 4 is 170 Å². The highest BCUT2D eigenvalue weighted by Gasteiger charge is 2.35. The first-order valence-electron chi connectivity index (χ1n) is 47.7. The van der Waals surface area contributed by atoms with Gasteiger partial charge in [-0.05, 0) is 106 Å². The molecule has 4 atom stereocenters. The number of fused-ring (bicyclic) bond motifs is 14. The number of carbonyl (C=O) groups is 1. The Hall–Kier alpha value is -3.07. The van der Waals surface area contributed by atoms with Crippen LogP contribution in [0.25, 0.3) is 93.2 Å². The van der Waals surface area contributed by atoms with Crippen LogP contribution in [0.1, 0.15) is 421 Å². The molecule has 0 radical (unpaired) electrons. The molecule has 9 heterocycles. The quantitative estimate of drug-likeness (QED) is 0.0282. The van der Waals surface area contributed by atoms with Gasteiger partial charge in [-0.15, -0.1) is 56.7 Å². The Balaban J connectivity index is 1.35. The van der Waals surface area contributed by atoms with Gasteiger partial charge < -0.3 is 13.9 Å². The first kappa shape index (κ1) is 93.2. The van der Waals surface area contributed by atoms with E-state index in [-0.39, 0.29) is 0 Å². The number of hydrogen-bond acceptors (Lipinski definition) is 10. The fourth-order valence-electron chi connectivity index (χ4n) is 18.9. The highest BCUT2D eigenvalue weighted by Crippen LogP contribution is 2.57. The third-order valence-corrected chi connectivity index (χ3v) is 34.3. The van der Waals surface area contributed by atoms with E-state index in [2.05, 4.69) is 102 Å². The summed E-state index contributed by atoms with van der Waals surface area (Å²) in [5, 5.41) is 5.36. The van der Waals surface area contributed by atoms with Gasteiger partial charge in [0.2, 0.25) is 0 Å². The average molecular weight is 1710 g/mol. The highest BCUT2D eigenvalue weighted by atomic mass is 35.5. The van der Waals surface area contributed by atoms with Gasteiger partial charge in [-0.25, -0.2) is 9.97 Å². The van der Waals surface area contributed by atoms with Crippen molar-refractivity contribution in [3.63, 3.8) is 0 Å². The molecule has 0 aliphatic carbocycles. The zero-order valence-electron chi connectivity index (χ0n) is 73.5. The minimum Gasteiger partial charge on any atom is -0.487 e. The van der Waals surface area contributed by atoms with Crippen LogP contribution in [0.4, 0.5) is 0 Å². The van der Waals surface area contributed by atoms with Crippen molar-refractivity contribution in [3.05, 3.63) is 47.9 Å². The van der Waals surface area contributed by atoms with Gasteiger partial charge in [0.15, 0.2) is 11.3 Å². The third-order valence-electron chi connectivity index (χ3n) is 25.9. The SMILES string of the molecule is CCCCCCCCCCCc1c(C=O)sc2c1sc1c3c4nc(-c5cc(Cl)c(CC(CC)CCCC)s5)c(-c5cc(Cl)c(CC(CC)CCCC)s5)nc4c4c5sc6c(CCCCCCCCCCC)c(OC)sc6c5n(CC(CCCCCC)CCCCCCCC)c4c3n(CC(CCCCCC)CCCCCCCC)c21. The molecule has 1 aromatic carbocycles. The van der Waals surface area contributed by atoms with E-state index in [4.69, 9.17) is 37.9 Å². The molecule has 10 rings (SSSR count). The lowest BCUT2D eigenvalue weighted by molar-refractivity contribution is 0.112. The summed E-state index contributed by atoms with van der Waals surface area (Å²) in [6, 6.07) is 4.56. The molecule has 0 N–H and O–H groups in total. The fraction of sp³-hybridized carbons (Fsp3) is 0.710. The summed E-state index contributed by atoms with van der Waals surface area (Å²) in [5.74, 6) is 2.09. The maximum Gasteiger partial charge on any atom is 0.178 e. The predicted octanol–water partition coefficient (Wildman–Crippen LogP) is 37.3. The molecular weight excluding hydrogens is 1550 g/mol. The first-order chi connectivity index (χ1) is 56.0. The third kappa shape index (κ3) is 24.6. The molecule has 0 spiro atoms. The number of unbranched alkanes of at least 4 members (excludes halogenated alkanes) is 34. The van der Waals surface area contributed by atoms with Crippen molar-refractivity contribution in [2.75, 3.05) is 7.11 Å². The van der Waals surface area contributed by atoms with Crippen LogP contribution in [-0.2, 0) is 38.8 Å². The first-order valence-corrected chi connectivity index (χ1v) is 53.3. The zero-order chi connectivity index (χ0) is 80.6. The smallest absolute Gasteiger partial charge is 0.178 e. The summed E-state index contributed by atoms with van der Waals surface area (Å²) in [4.78, 5) is 32.7. The van der Waals surface area contributed by atoms with Crippen LogP contribution in [-0.4, -0.2) is 32.5 Å². The molecule has 0 aliphatic heterocycles. The van der Waals surface area contributed by atoms with E-state index in [0.717, 1.165) is 110 Å². The number of carbonyl (C=O) groups excluding carboxylic acids is 1. The summed E-state index contributed by atoms with van der Waals surface area (Å²) in [5.41, 5.74) is 12.0. The van der Waals surface area contributed by atoms with Crippen molar-refractivity contribution in [1.82, 2.24) is 19.1 Å². The summed E-state index contributed by atoms with van der Waals surface area (Å²) < 4.78 is 20.7. The minimum absolute atomic E-state index is 0.479. The number of hydrogen-bond donors (Lipinski definition) is 0. The van der Waals surface area contributed by atoms with Crippen LogP contribution < -0.4 is 4.74 Å². The molecule has 10 aromatic rings. The Morgan fingerprint density at radius 2 is 0.684 bits per heavy atom. The molecule has 0 aliphatic rings.